The van der Waals surface area contributed by atoms with Gasteiger partial charge in [-0.05, 0) is 79.9 Å². The van der Waals surface area contributed by atoms with Gasteiger partial charge in [0.1, 0.15) is 0 Å². The first kappa shape index (κ1) is 63.8. The molecule has 0 fully saturated rings. The van der Waals surface area contributed by atoms with Crippen LogP contribution in [0.5, 0.6) is 0 Å². The summed E-state index contributed by atoms with van der Waals surface area (Å²) in [4.78, 5) is 39.9. The standard InChI is InChI=1S/C52H34N4.C46H30N4/c1-4-14-35(15-5-1)36-26-30-40(31-27-36)51-54-50(39-18-8-3-9-19-39)55-52(56-51)41-32-28-37(29-33-41)42-20-12-21-43(34-42)44-23-13-24-46-48(44)45-22-10-11-25-47(45)53-49(46)38-16-6-2-7-17-38;1-4-14-32(15-5-1)43-40-24-13-23-38(42(40)39-22-10-11-25-41(39)47-43)37-21-12-20-36(30-37)31-26-28-35(29-27-31)46-49-44(33-16-6-2-7-17-33)48-45(50-46)34-18-8-3-9-19-34/h1-34H;1-30H. The summed E-state index contributed by atoms with van der Waals surface area (Å²) in [5.74, 6) is 3.86. The molecule has 496 valence electrons. The molecule has 0 unspecified atom stereocenters. The second kappa shape index (κ2) is 28.6. The quantitative estimate of drug-likeness (QED) is 0.105. The molecule has 4 aromatic heterocycles. The molecule has 0 aliphatic heterocycles. The summed E-state index contributed by atoms with van der Waals surface area (Å²) in [6, 6.07) is 135. The van der Waals surface area contributed by atoms with Gasteiger partial charge in [-0.2, -0.15) is 0 Å². The summed E-state index contributed by atoms with van der Waals surface area (Å²) in [7, 11) is 0. The number of para-hydroxylation sites is 2. The van der Waals surface area contributed by atoms with E-state index in [2.05, 4.69) is 279 Å². The normalized spacial score (nSPS) is 11.2. The smallest absolute Gasteiger partial charge is 0.164 e. The number of fused-ring (bicyclic) bond motifs is 6. The number of aromatic nitrogens is 8. The summed E-state index contributed by atoms with van der Waals surface area (Å²) < 4.78 is 0. The molecular formula is C98H64N8. The van der Waals surface area contributed by atoms with E-state index in [0.29, 0.717) is 34.9 Å². The second-order valence-corrected chi connectivity index (χ2v) is 26.1. The average molecular weight is 1350 g/mol. The molecule has 0 radical (unpaired) electrons. The summed E-state index contributed by atoms with van der Waals surface area (Å²) in [5, 5.41) is 6.99. The molecule has 106 heavy (non-hydrogen) atoms. The average Bonchev–Trinajstić information content (AvgIpc) is 0.750. The van der Waals surface area contributed by atoms with Crippen LogP contribution in [0.25, 0.3) is 190 Å². The number of benzene rings is 15. The number of rotatable bonds is 13. The Kier molecular flexibility index (Phi) is 17.2. The van der Waals surface area contributed by atoms with Gasteiger partial charge in [0, 0.05) is 76.8 Å². The van der Waals surface area contributed by atoms with Gasteiger partial charge in [-0.1, -0.05) is 364 Å². The molecule has 0 saturated carbocycles. The van der Waals surface area contributed by atoms with Gasteiger partial charge >= 0.3 is 0 Å². The highest BCUT2D eigenvalue weighted by molar-refractivity contribution is 6.18. The minimum absolute atomic E-state index is 0.631. The summed E-state index contributed by atoms with van der Waals surface area (Å²) >= 11 is 0. The molecule has 0 atom stereocenters. The Hall–Kier alpha value is -14.3. The van der Waals surface area contributed by atoms with E-state index < -0.39 is 0 Å². The van der Waals surface area contributed by atoms with Crippen molar-refractivity contribution in [3.05, 3.63) is 388 Å². The van der Waals surface area contributed by atoms with Crippen molar-refractivity contribution >= 4 is 43.4 Å². The van der Waals surface area contributed by atoms with Crippen LogP contribution in [0, 0.1) is 0 Å². The van der Waals surface area contributed by atoms with Crippen LogP contribution >= 0.6 is 0 Å². The minimum Gasteiger partial charge on any atom is -0.247 e. The zero-order chi connectivity index (χ0) is 70.5. The molecule has 0 spiro atoms. The molecule has 0 aliphatic rings. The van der Waals surface area contributed by atoms with Crippen LogP contribution in [0.2, 0.25) is 0 Å². The zero-order valence-corrected chi connectivity index (χ0v) is 57.5. The minimum atomic E-state index is 0.631. The van der Waals surface area contributed by atoms with Gasteiger partial charge in [-0.15, -0.1) is 0 Å². The summed E-state index contributed by atoms with van der Waals surface area (Å²) in [6.45, 7) is 0. The van der Waals surface area contributed by atoms with Gasteiger partial charge in [-0.25, -0.2) is 39.9 Å². The van der Waals surface area contributed by atoms with Crippen molar-refractivity contribution in [1.29, 1.82) is 0 Å². The van der Waals surface area contributed by atoms with E-state index in [4.69, 9.17) is 39.9 Å². The van der Waals surface area contributed by atoms with Crippen LogP contribution in [0.1, 0.15) is 0 Å². The molecule has 4 heterocycles. The Morgan fingerprint density at radius 1 is 0.132 bits per heavy atom. The van der Waals surface area contributed by atoms with Gasteiger partial charge in [0.15, 0.2) is 34.9 Å². The first-order valence-corrected chi connectivity index (χ1v) is 35.5. The summed E-state index contributed by atoms with van der Waals surface area (Å²) in [5.41, 5.74) is 23.3. The van der Waals surface area contributed by atoms with Crippen LogP contribution in [0.15, 0.2) is 388 Å². The van der Waals surface area contributed by atoms with Crippen LogP contribution in [-0.4, -0.2) is 39.9 Å². The first-order valence-electron chi connectivity index (χ1n) is 35.5. The van der Waals surface area contributed by atoms with E-state index in [1.807, 2.05) is 109 Å². The molecule has 8 heteroatoms. The summed E-state index contributed by atoms with van der Waals surface area (Å²) in [6.07, 6.45) is 0. The molecule has 19 rings (SSSR count). The number of pyridine rings is 2. The van der Waals surface area contributed by atoms with E-state index in [-0.39, 0.29) is 0 Å². The lowest BCUT2D eigenvalue weighted by molar-refractivity contribution is 1.07. The number of nitrogens with zero attached hydrogens (tertiary/aromatic N) is 8. The zero-order valence-electron chi connectivity index (χ0n) is 57.5. The molecule has 0 aliphatic carbocycles. The van der Waals surface area contributed by atoms with Crippen molar-refractivity contribution in [3.8, 4) is 146 Å². The molecule has 15 aromatic carbocycles. The van der Waals surface area contributed by atoms with Crippen LogP contribution < -0.4 is 0 Å². The van der Waals surface area contributed by atoms with Crippen molar-refractivity contribution in [1.82, 2.24) is 39.9 Å². The maximum Gasteiger partial charge on any atom is 0.164 e. The molecule has 0 amide bonds. The Morgan fingerprint density at radius 3 is 0.679 bits per heavy atom. The predicted molar refractivity (Wildman–Crippen MR) is 436 cm³/mol. The molecular weight excluding hydrogens is 1290 g/mol. The Labute approximate surface area is 614 Å². The first-order chi connectivity index (χ1) is 52.5. The Balaban J connectivity index is 0.000000151. The fourth-order valence-corrected chi connectivity index (χ4v) is 14.2. The fraction of sp³-hybridized carbons (Fsp3) is 0. The van der Waals surface area contributed by atoms with Crippen molar-refractivity contribution in [2.75, 3.05) is 0 Å². The second-order valence-electron chi connectivity index (χ2n) is 26.1. The van der Waals surface area contributed by atoms with Gasteiger partial charge in [0.05, 0.1) is 22.4 Å². The third-order valence-corrected chi connectivity index (χ3v) is 19.5. The largest absolute Gasteiger partial charge is 0.247 e. The lowest BCUT2D eigenvalue weighted by Crippen LogP contribution is -2.00. The predicted octanol–water partition coefficient (Wildman–Crippen LogP) is 24.8. The van der Waals surface area contributed by atoms with Gasteiger partial charge < -0.3 is 0 Å². The highest BCUT2D eigenvalue weighted by Crippen LogP contribution is 2.43. The number of hydrogen-bond donors (Lipinski definition) is 0. The van der Waals surface area contributed by atoms with Gasteiger partial charge in [-0.3, -0.25) is 0 Å². The van der Waals surface area contributed by atoms with E-state index in [9.17, 15) is 0 Å². The lowest BCUT2D eigenvalue weighted by atomic mass is 9.91. The molecule has 0 N–H and O–H groups in total. The van der Waals surface area contributed by atoms with Crippen LogP contribution in [-0.2, 0) is 0 Å². The fourth-order valence-electron chi connectivity index (χ4n) is 14.2. The van der Waals surface area contributed by atoms with Crippen molar-refractivity contribution < 1.29 is 0 Å². The van der Waals surface area contributed by atoms with Crippen molar-refractivity contribution in [2.45, 2.75) is 0 Å². The van der Waals surface area contributed by atoms with E-state index in [1.165, 1.54) is 27.5 Å². The molecule has 0 saturated heterocycles. The topological polar surface area (TPSA) is 103 Å². The molecule has 8 nitrogen and oxygen atoms in total. The highest BCUT2D eigenvalue weighted by atomic mass is 15.0. The van der Waals surface area contributed by atoms with E-state index >= 15 is 0 Å². The molecule has 19 aromatic rings. The third kappa shape index (κ3) is 12.9. The SMILES string of the molecule is c1ccc(-c2ccc(-c3nc(-c4ccccc4)nc(-c4ccc(-c5cccc(-c6cccc7c(-c8ccccc8)nc8ccccc8c67)c5)cc4)n3)cc2)cc1.c1ccc(-c2nc(-c3ccccc3)nc(-c3ccc(-c4cccc(-c5cccc6c(-c7ccccc7)nc7ccccc7c56)c4)cc3)n2)cc1. The van der Waals surface area contributed by atoms with Crippen molar-refractivity contribution in [3.63, 3.8) is 0 Å². The maximum absolute atomic E-state index is 5.15. The Bertz CT molecular complexity index is 6330. The van der Waals surface area contributed by atoms with E-state index in [1.54, 1.807) is 0 Å². The monoisotopic (exact) mass is 1350 g/mol. The van der Waals surface area contributed by atoms with Crippen molar-refractivity contribution in [2.24, 2.45) is 0 Å². The van der Waals surface area contributed by atoms with Crippen LogP contribution in [0.3, 0.4) is 0 Å². The van der Waals surface area contributed by atoms with E-state index in [0.717, 1.165) is 127 Å². The number of hydrogen-bond acceptors (Lipinski definition) is 8. The van der Waals surface area contributed by atoms with Crippen LogP contribution in [0.4, 0.5) is 0 Å². The van der Waals surface area contributed by atoms with Gasteiger partial charge in [0.2, 0.25) is 0 Å². The molecule has 0 bridgehead atoms. The Morgan fingerprint density at radius 2 is 0.349 bits per heavy atom. The third-order valence-electron chi connectivity index (χ3n) is 19.5. The maximum atomic E-state index is 5.15. The highest BCUT2D eigenvalue weighted by Gasteiger charge is 2.20. The van der Waals surface area contributed by atoms with Gasteiger partial charge in [0.25, 0.3) is 0 Å². The lowest BCUT2D eigenvalue weighted by Gasteiger charge is -2.15.